The van der Waals surface area contributed by atoms with Crippen molar-refractivity contribution < 1.29 is 9.53 Å². The van der Waals surface area contributed by atoms with Gasteiger partial charge in [0.25, 0.3) is 0 Å². The highest BCUT2D eigenvalue weighted by Crippen LogP contribution is 2.37. The smallest absolute Gasteiger partial charge is 0.248 e. The maximum absolute atomic E-state index is 11.1. The number of ether oxygens (including phenoxy) is 1. The van der Waals surface area contributed by atoms with Crippen LogP contribution in [0.2, 0.25) is 0 Å². The summed E-state index contributed by atoms with van der Waals surface area (Å²) in [5.74, 6) is 0.445. The lowest BCUT2D eigenvalue weighted by Crippen LogP contribution is -2.46. The number of fused-ring (bicyclic) bond motifs is 2. The topological polar surface area (TPSA) is 55.6 Å². The summed E-state index contributed by atoms with van der Waals surface area (Å²) in [7, 11) is 0. The Bertz CT molecular complexity index is 486. The van der Waals surface area contributed by atoms with Gasteiger partial charge in [-0.3, -0.25) is 9.69 Å². The molecule has 1 aromatic rings. The minimum absolute atomic E-state index is 0.301. The zero-order valence-corrected chi connectivity index (χ0v) is 12.6. The number of carbonyl (C=O) groups is 1. The molecule has 0 spiro atoms. The molecule has 3 rings (SSSR count). The van der Waals surface area contributed by atoms with Crippen LogP contribution in [0.5, 0.6) is 5.75 Å². The molecule has 2 heterocycles. The van der Waals surface area contributed by atoms with Gasteiger partial charge in [0.2, 0.25) is 5.91 Å². The maximum atomic E-state index is 11.1. The Morgan fingerprint density at radius 1 is 1.24 bits per heavy atom. The lowest BCUT2D eigenvalue weighted by atomic mass is 9.99. The number of amides is 1. The Balaban J connectivity index is 1.61. The molecule has 0 aliphatic carbocycles. The van der Waals surface area contributed by atoms with Crippen molar-refractivity contribution in [3.63, 3.8) is 0 Å². The van der Waals surface area contributed by atoms with Crippen LogP contribution in [0, 0.1) is 0 Å². The zero-order valence-electron chi connectivity index (χ0n) is 12.6. The molecule has 2 unspecified atom stereocenters. The van der Waals surface area contributed by atoms with Crippen molar-refractivity contribution in [1.82, 2.24) is 4.90 Å². The Kier molecular flexibility index (Phi) is 4.15. The Morgan fingerprint density at radius 3 is 2.38 bits per heavy atom. The molecular formula is C17H24N2O2. The van der Waals surface area contributed by atoms with E-state index >= 15 is 0 Å². The van der Waals surface area contributed by atoms with Crippen molar-refractivity contribution in [3.05, 3.63) is 29.8 Å². The second kappa shape index (κ2) is 6.06. The van der Waals surface area contributed by atoms with Gasteiger partial charge in [0.05, 0.1) is 0 Å². The average Bonchev–Trinajstić information content (AvgIpc) is 2.71. The van der Waals surface area contributed by atoms with Crippen LogP contribution in [0.4, 0.5) is 0 Å². The number of piperidine rings is 1. The molecular weight excluding hydrogens is 264 g/mol. The predicted octanol–water partition coefficient (Wildman–Crippen LogP) is 2.57. The van der Waals surface area contributed by atoms with E-state index in [2.05, 4.69) is 11.8 Å². The monoisotopic (exact) mass is 288 g/mol. The molecule has 2 N–H and O–H groups in total. The third kappa shape index (κ3) is 3.05. The van der Waals surface area contributed by atoms with Crippen LogP contribution in [0.3, 0.4) is 0 Å². The van der Waals surface area contributed by atoms with Gasteiger partial charge in [-0.2, -0.15) is 0 Å². The minimum Gasteiger partial charge on any atom is -0.490 e. The van der Waals surface area contributed by atoms with E-state index in [0.717, 1.165) is 18.6 Å². The van der Waals surface area contributed by atoms with Crippen molar-refractivity contribution in [3.8, 4) is 5.75 Å². The molecule has 21 heavy (non-hydrogen) atoms. The van der Waals surface area contributed by atoms with Gasteiger partial charge in [-0.15, -0.1) is 0 Å². The largest absolute Gasteiger partial charge is 0.490 e. The molecule has 2 bridgehead atoms. The molecule has 0 radical (unpaired) electrons. The van der Waals surface area contributed by atoms with E-state index in [4.69, 9.17) is 10.5 Å². The molecule has 1 aromatic carbocycles. The van der Waals surface area contributed by atoms with E-state index in [1.165, 1.54) is 25.8 Å². The number of hydrogen-bond acceptors (Lipinski definition) is 3. The molecule has 2 aliphatic heterocycles. The van der Waals surface area contributed by atoms with Crippen LogP contribution in [0.1, 0.15) is 49.4 Å². The summed E-state index contributed by atoms with van der Waals surface area (Å²) < 4.78 is 6.12. The average molecular weight is 288 g/mol. The first kappa shape index (κ1) is 14.4. The molecule has 0 aromatic heterocycles. The van der Waals surface area contributed by atoms with Crippen LogP contribution in [-0.4, -0.2) is 35.5 Å². The van der Waals surface area contributed by atoms with Crippen LogP contribution < -0.4 is 10.5 Å². The van der Waals surface area contributed by atoms with Gasteiger partial charge in [0.15, 0.2) is 0 Å². The molecule has 4 nitrogen and oxygen atoms in total. The zero-order chi connectivity index (χ0) is 14.8. The standard InChI is InChI=1S/C17H24N2O2/c1-2-9-19-13-5-6-14(19)11-16(10-13)21-15-7-3-12(4-8-15)17(18)20/h3-4,7-8,13-14,16H,2,5-6,9-11H2,1H3,(H2,18,20). The highest BCUT2D eigenvalue weighted by molar-refractivity contribution is 5.92. The lowest BCUT2D eigenvalue weighted by molar-refractivity contribution is 0.0496. The van der Waals surface area contributed by atoms with Crippen molar-refractivity contribution in [2.24, 2.45) is 5.73 Å². The SMILES string of the molecule is CCCN1C2CCC1CC(Oc1ccc(C(N)=O)cc1)C2. The van der Waals surface area contributed by atoms with Crippen LogP contribution >= 0.6 is 0 Å². The molecule has 2 atom stereocenters. The number of carbonyl (C=O) groups excluding carboxylic acids is 1. The maximum Gasteiger partial charge on any atom is 0.248 e. The number of benzene rings is 1. The molecule has 4 heteroatoms. The third-order valence-corrected chi connectivity index (χ3v) is 4.76. The molecule has 1 amide bonds. The fourth-order valence-electron chi connectivity index (χ4n) is 3.83. The van der Waals surface area contributed by atoms with E-state index in [1.807, 2.05) is 12.1 Å². The Labute approximate surface area is 126 Å². The normalized spacial score (nSPS) is 28.5. The fraction of sp³-hybridized carbons (Fsp3) is 0.588. The van der Waals surface area contributed by atoms with Crippen molar-refractivity contribution in [2.75, 3.05) is 6.54 Å². The van der Waals surface area contributed by atoms with Crippen LogP contribution in [0.25, 0.3) is 0 Å². The molecule has 2 fully saturated rings. The number of nitrogens with zero attached hydrogens (tertiary/aromatic N) is 1. The summed E-state index contributed by atoms with van der Waals surface area (Å²) in [6, 6.07) is 8.55. The molecule has 2 saturated heterocycles. The summed E-state index contributed by atoms with van der Waals surface area (Å²) in [6.45, 7) is 3.47. The predicted molar refractivity (Wildman–Crippen MR) is 82.4 cm³/mol. The van der Waals surface area contributed by atoms with E-state index in [1.54, 1.807) is 12.1 Å². The van der Waals surface area contributed by atoms with Gasteiger partial charge in [-0.1, -0.05) is 6.92 Å². The number of nitrogens with two attached hydrogens (primary N) is 1. The van der Waals surface area contributed by atoms with E-state index < -0.39 is 5.91 Å². The lowest BCUT2D eigenvalue weighted by Gasteiger charge is -2.38. The summed E-state index contributed by atoms with van der Waals surface area (Å²) in [6.07, 6.45) is 6.39. The number of rotatable bonds is 5. The van der Waals surface area contributed by atoms with E-state index in [-0.39, 0.29) is 0 Å². The molecule has 0 saturated carbocycles. The van der Waals surface area contributed by atoms with Gasteiger partial charge in [0.1, 0.15) is 11.9 Å². The van der Waals surface area contributed by atoms with Crippen LogP contribution in [-0.2, 0) is 0 Å². The third-order valence-electron chi connectivity index (χ3n) is 4.76. The van der Waals surface area contributed by atoms with Crippen molar-refractivity contribution >= 4 is 5.91 Å². The highest BCUT2D eigenvalue weighted by Gasteiger charge is 2.40. The highest BCUT2D eigenvalue weighted by atomic mass is 16.5. The van der Waals surface area contributed by atoms with E-state index in [0.29, 0.717) is 23.8 Å². The summed E-state index contributed by atoms with van der Waals surface area (Å²) >= 11 is 0. The second-order valence-electron chi connectivity index (χ2n) is 6.22. The molecule has 114 valence electrons. The first-order chi connectivity index (χ1) is 10.2. The van der Waals surface area contributed by atoms with E-state index in [9.17, 15) is 4.79 Å². The Hall–Kier alpha value is -1.55. The summed E-state index contributed by atoms with van der Waals surface area (Å²) in [5.41, 5.74) is 5.78. The number of hydrogen-bond donors (Lipinski definition) is 1. The fourth-order valence-corrected chi connectivity index (χ4v) is 3.83. The number of primary amides is 1. The first-order valence-electron chi connectivity index (χ1n) is 7.99. The Morgan fingerprint density at radius 2 is 1.86 bits per heavy atom. The second-order valence-corrected chi connectivity index (χ2v) is 6.22. The van der Waals surface area contributed by atoms with Gasteiger partial charge in [-0.25, -0.2) is 0 Å². The van der Waals surface area contributed by atoms with Gasteiger partial charge >= 0.3 is 0 Å². The quantitative estimate of drug-likeness (QED) is 0.906. The van der Waals surface area contributed by atoms with Crippen molar-refractivity contribution in [1.29, 1.82) is 0 Å². The van der Waals surface area contributed by atoms with Crippen LogP contribution in [0.15, 0.2) is 24.3 Å². The van der Waals surface area contributed by atoms with Gasteiger partial charge in [-0.05, 0) is 62.9 Å². The minimum atomic E-state index is -0.396. The van der Waals surface area contributed by atoms with Gasteiger partial charge in [0, 0.05) is 17.6 Å². The summed E-state index contributed by atoms with van der Waals surface area (Å²) in [5, 5.41) is 0. The van der Waals surface area contributed by atoms with Gasteiger partial charge < -0.3 is 10.5 Å². The molecule has 2 aliphatic rings. The summed E-state index contributed by atoms with van der Waals surface area (Å²) in [4.78, 5) is 13.7. The van der Waals surface area contributed by atoms with Crippen molar-refractivity contribution in [2.45, 2.75) is 57.2 Å². The first-order valence-corrected chi connectivity index (χ1v) is 7.99.